The fraction of sp³-hybridized carbons (Fsp3) is 0.480. The molecule has 1 saturated heterocycles. The Morgan fingerprint density at radius 3 is 2.76 bits per heavy atom. The number of aromatic nitrogens is 2. The van der Waals surface area contributed by atoms with Gasteiger partial charge in [-0.25, -0.2) is 13.5 Å². The molecule has 1 aromatic heterocycles. The highest BCUT2D eigenvalue weighted by atomic mass is 79.9. The van der Waals surface area contributed by atoms with E-state index in [2.05, 4.69) is 22.1 Å². The molecule has 0 aliphatic carbocycles. The van der Waals surface area contributed by atoms with Crippen LogP contribution in [0.3, 0.4) is 0 Å². The van der Waals surface area contributed by atoms with E-state index in [0.717, 1.165) is 52.4 Å². The zero-order chi connectivity index (χ0) is 23.1. The fourth-order valence-electron chi connectivity index (χ4n) is 5.30. The number of hydrogen-bond acceptors (Lipinski definition) is 4. The molecular weight excluding hydrogens is 492 g/mol. The summed E-state index contributed by atoms with van der Waals surface area (Å²) in [4.78, 5) is 1.90. The Labute approximate surface area is 200 Å². The van der Waals surface area contributed by atoms with Crippen LogP contribution in [0.2, 0.25) is 0 Å². The van der Waals surface area contributed by atoms with Gasteiger partial charge in [0.25, 0.3) is 6.43 Å². The highest BCUT2D eigenvalue weighted by Crippen LogP contribution is 2.44. The van der Waals surface area contributed by atoms with Crippen LogP contribution in [-0.4, -0.2) is 47.4 Å². The topological polar surface area (TPSA) is 39.5 Å². The minimum atomic E-state index is -2.42. The maximum absolute atomic E-state index is 13.7. The van der Waals surface area contributed by atoms with Crippen LogP contribution in [0.15, 0.2) is 41.0 Å². The van der Waals surface area contributed by atoms with Gasteiger partial charge in [0.2, 0.25) is 0 Å². The van der Waals surface area contributed by atoms with Gasteiger partial charge in [-0.3, -0.25) is 4.90 Å². The summed E-state index contributed by atoms with van der Waals surface area (Å²) in [6.07, 6.45) is 3.47. The van der Waals surface area contributed by atoms with E-state index in [0.29, 0.717) is 12.2 Å². The van der Waals surface area contributed by atoms with Gasteiger partial charge in [-0.2, -0.15) is 5.10 Å². The predicted molar refractivity (Wildman–Crippen MR) is 127 cm³/mol. The van der Waals surface area contributed by atoms with Crippen molar-refractivity contribution < 1.29 is 18.3 Å². The van der Waals surface area contributed by atoms with Crippen molar-refractivity contribution in [2.75, 3.05) is 20.3 Å². The molecular formula is C25H28BrF2N3O2. The molecule has 2 aliphatic rings. The Morgan fingerprint density at radius 2 is 2.03 bits per heavy atom. The van der Waals surface area contributed by atoms with E-state index in [9.17, 15) is 8.78 Å². The maximum atomic E-state index is 13.7. The van der Waals surface area contributed by atoms with E-state index in [1.807, 2.05) is 46.8 Å². The second kappa shape index (κ2) is 9.31. The fourth-order valence-corrected chi connectivity index (χ4v) is 5.64. The van der Waals surface area contributed by atoms with Crippen molar-refractivity contribution in [1.82, 2.24) is 14.7 Å². The second-order valence-electron chi connectivity index (χ2n) is 8.93. The number of ether oxygens (including phenoxy) is 2. The lowest BCUT2D eigenvalue weighted by Gasteiger charge is -2.42. The molecule has 3 aromatic rings. The third-order valence-electron chi connectivity index (χ3n) is 6.84. The summed E-state index contributed by atoms with van der Waals surface area (Å²) in [7, 11) is 1.62. The van der Waals surface area contributed by atoms with Crippen molar-refractivity contribution in [3.05, 3.63) is 57.7 Å². The van der Waals surface area contributed by atoms with Crippen LogP contribution < -0.4 is 4.74 Å². The zero-order valence-electron chi connectivity index (χ0n) is 18.8. The molecule has 176 valence electrons. The molecule has 3 heterocycles. The predicted octanol–water partition coefficient (Wildman–Crippen LogP) is 6.11. The standard InChI is InChI=1S/C25H28BrF2N3O2/c1-15-11-19-17(8-9-21-20(19)13-31(29-21)24-5-3-4-10-33-24)25(30(15)14-23(27)28)18-7-6-16(26)12-22(18)32-2/h6-9,12-13,15,23-25H,3-5,10-11,14H2,1-2H3/t15-,24?,25+/m1/s1. The molecule has 0 radical (unpaired) electrons. The summed E-state index contributed by atoms with van der Waals surface area (Å²) < 4.78 is 41.8. The minimum Gasteiger partial charge on any atom is -0.496 e. The molecule has 1 unspecified atom stereocenters. The van der Waals surface area contributed by atoms with Crippen molar-refractivity contribution in [3.63, 3.8) is 0 Å². The van der Waals surface area contributed by atoms with Gasteiger partial charge < -0.3 is 9.47 Å². The van der Waals surface area contributed by atoms with Crippen molar-refractivity contribution in [1.29, 1.82) is 0 Å². The monoisotopic (exact) mass is 519 g/mol. The first-order chi connectivity index (χ1) is 16.0. The molecule has 0 saturated carbocycles. The number of hydrogen-bond donors (Lipinski definition) is 0. The SMILES string of the molecule is COc1cc(Br)ccc1[C@@H]1c2ccc3nn(C4CCCCO4)cc3c2C[C@@H](C)N1CC(F)F. The summed E-state index contributed by atoms with van der Waals surface area (Å²) in [5.41, 5.74) is 4.00. The van der Waals surface area contributed by atoms with E-state index in [1.54, 1.807) is 7.11 Å². The molecule has 1 fully saturated rings. The quantitative estimate of drug-likeness (QED) is 0.407. The molecule has 33 heavy (non-hydrogen) atoms. The van der Waals surface area contributed by atoms with E-state index in [4.69, 9.17) is 14.6 Å². The first-order valence-electron chi connectivity index (χ1n) is 11.5. The number of nitrogens with zero attached hydrogens (tertiary/aromatic N) is 3. The van der Waals surface area contributed by atoms with Crippen molar-refractivity contribution in [2.24, 2.45) is 0 Å². The largest absolute Gasteiger partial charge is 0.496 e. The highest BCUT2D eigenvalue weighted by molar-refractivity contribution is 9.10. The zero-order valence-corrected chi connectivity index (χ0v) is 20.4. The van der Waals surface area contributed by atoms with Gasteiger partial charge in [-0.05, 0) is 61.9 Å². The van der Waals surface area contributed by atoms with E-state index >= 15 is 0 Å². The Morgan fingerprint density at radius 1 is 1.21 bits per heavy atom. The summed E-state index contributed by atoms with van der Waals surface area (Å²) >= 11 is 3.50. The summed E-state index contributed by atoms with van der Waals surface area (Å²) in [5.74, 6) is 0.681. The maximum Gasteiger partial charge on any atom is 0.251 e. The van der Waals surface area contributed by atoms with Gasteiger partial charge in [0, 0.05) is 34.3 Å². The van der Waals surface area contributed by atoms with Gasteiger partial charge in [0.1, 0.15) is 12.0 Å². The number of alkyl halides is 2. The number of fused-ring (bicyclic) bond motifs is 3. The van der Waals surface area contributed by atoms with Crippen LogP contribution in [-0.2, 0) is 11.2 Å². The van der Waals surface area contributed by atoms with Gasteiger partial charge in [0.05, 0.1) is 25.2 Å². The van der Waals surface area contributed by atoms with Crippen LogP contribution in [0.25, 0.3) is 10.9 Å². The molecule has 0 bridgehead atoms. The average molecular weight is 520 g/mol. The number of halogens is 3. The van der Waals surface area contributed by atoms with Gasteiger partial charge in [-0.1, -0.05) is 28.1 Å². The second-order valence-corrected chi connectivity index (χ2v) is 9.84. The Kier molecular flexibility index (Phi) is 6.42. The van der Waals surface area contributed by atoms with Crippen molar-refractivity contribution >= 4 is 26.8 Å². The molecule has 2 aromatic carbocycles. The lowest BCUT2D eigenvalue weighted by molar-refractivity contribution is -0.0390. The number of methoxy groups -OCH3 is 1. The number of rotatable bonds is 5. The molecule has 8 heteroatoms. The molecule has 5 rings (SSSR count). The van der Waals surface area contributed by atoms with Gasteiger partial charge in [0.15, 0.2) is 0 Å². The van der Waals surface area contributed by atoms with Gasteiger partial charge in [-0.15, -0.1) is 0 Å². The van der Waals surface area contributed by atoms with Crippen molar-refractivity contribution in [2.45, 2.75) is 57.3 Å². The first kappa shape index (κ1) is 22.7. The first-order valence-corrected chi connectivity index (χ1v) is 12.2. The minimum absolute atomic E-state index is 0.0412. The van der Waals surface area contributed by atoms with E-state index in [-0.39, 0.29) is 24.9 Å². The molecule has 2 aliphatic heterocycles. The summed E-state index contributed by atoms with van der Waals surface area (Å²) in [5, 5.41) is 5.88. The normalized spacial score (nSPS) is 23.8. The lowest BCUT2D eigenvalue weighted by atomic mass is 9.83. The highest BCUT2D eigenvalue weighted by Gasteiger charge is 2.37. The Bertz CT molecular complexity index is 1150. The summed E-state index contributed by atoms with van der Waals surface area (Å²) in [6.45, 7) is 2.49. The third kappa shape index (κ3) is 4.29. The average Bonchev–Trinajstić information content (AvgIpc) is 3.25. The summed E-state index contributed by atoms with van der Waals surface area (Å²) in [6, 6.07) is 9.46. The molecule has 5 nitrogen and oxygen atoms in total. The van der Waals surface area contributed by atoms with Crippen LogP contribution in [0, 0.1) is 0 Å². The molecule has 0 spiro atoms. The van der Waals surface area contributed by atoms with Crippen LogP contribution in [0.4, 0.5) is 8.78 Å². The van der Waals surface area contributed by atoms with Crippen LogP contribution in [0.5, 0.6) is 5.75 Å². The Hall–Kier alpha value is -2.03. The smallest absolute Gasteiger partial charge is 0.251 e. The number of benzene rings is 2. The van der Waals surface area contributed by atoms with E-state index in [1.165, 1.54) is 5.56 Å². The molecule has 0 N–H and O–H groups in total. The van der Waals surface area contributed by atoms with Crippen molar-refractivity contribution in [3.8, 4) is 5.75 Å². The van der Waals surface area contributed by atoms with E-state index < -0.39 is 6.43 Å². The third-order valence-corrected chi connectivity index (χ3v) is 7.33. The van der Waals surface area contributed by atoms with Crippen LogP contribution in [0.1, 0.15) is 55.1 Å². The molecule has 3 atom stereocenters. The van der Waals surface area contributed by atoms with Crippen LogP contribution >= 0.6 is 15.9 Å². The lowest BCUT2D eigenvalue weighted by Crippen LogP contribution is -2.45. The Balaban J connectivity index is 1.65. The molecule has 0 amide bonds. The van der Waals surface area contributed by atoms with Gasteiger partial charge >= 0.3 is 0 Å².